The van der Waals surface area contributed by atoms with E-state index in [1.807, 2.05) is 33.8 Å². The number of halogens is 1. The highest BCUT2D eigenvalue weighted by Crippen LogP contribution is 2.41. The van der Waals surface area contributed by atoms with Crippen LogP contribution in [0.25, 0.3) is 5.76 Å². The first kappa shape index (κ1) is 24.8. The molecular formula is C26H30ClNO5. The maximum Gasteiger partial charge on any atom is 0.295 e. The third kappa shape index (κ3) is 5.07. The molecule has 1 heterocycles. The summed E-state index contributed by atoms with van der Waals surface area (Å²) in [4.78, 5) is 27.4. The van der Waals surface area contributed by atoms with Crippen LogP contribution in [0.15, 0.2) is 48.0 Å². The van der Waals surface area contributed by atoms with Gasteiger partial charge in [-0.2, -0.15) is 0 Å². The van der Waals surface area contributed by atoms with Gasteiger partial charge >= 0.3 is 0 Å². The van der Waals surface area contributed by atoms with E-state index < -0.39 is 17.7 Å². The van der Waals surface area contributed by atoms with Crippen molar-refractivity contribution < 1.29 is 24.2 Å². The minimum absolute atomic E-state index is 0.0439. The average molecular weight is 472 g/mol. The summed E-state index contributed by atoms with van der Waals surface area (Å²) in [6.07, 6.45) is 0. The number of hydrogen-bond donors (Lipinski definition) is 1. The molecule has 1 fully saturated rings. The third-order valence-corrected chi connectivity index (χ3v) is 5.87. The molecule has 0 spiro atoms. The standard InChI is InChI=1S/C26H30ClNO5/c1-6-33-20-12-9-17(15-19(20)26(2,3)4)23(29)21-22(16-7-10-18(27)11-8-16)28(13-14-32-5)25(31)24(21)30/h7-12,15,22,29H,6,13-14H2,1-5H3/b23-21-. The lowest BCUT2D eigenvalue weighted by Crippen LogP contribution is -2.32. The second-order valence-corrected chi connectivity index (χ2v) is 9.37. The number of aliphatic hydroxyl groups is 1. The van der Waals surface area contributed by atoms with Gasteiger partial charge in [0.25, 0.3) is 11.7 Å². The zero-order chi connectivity index (χ0) is 24.3. The van der Waals surface area contributed by atoms with Crippen molar-refractivity contribution in [2.75, 3.05) is 26.9 Å². The fourth-order valence-corrected chi connectivity index (χ4v) is 4.12. The lowest BCUT2D eigenvalue weighted by Gasteiger charge is -2.26. The van der Waals surface area contributed by atoms with Crippen LogP contribution in [-0.4, -0.2) is 48.6 Å². The van der Waals surface area contributed by atoms with Crippen molar-refractivity contribution in [3.63, 3.8) is 0 Å². The minimum Gasteiger partial charge on any atom is -0.507 e. The summed E-state index contributed by atoms with van der Waals surface area (Å²) in [5.41, 5.74) is 1.80. The molecule has 0 radical (unpaired) electrons. The molecule has 1 atom stereocenters. The zero-order valence-corrected chi connectivity index (χ0v) is 20.4. The molecule has 1 N–H and O–H groups in total. The van der Waals surface area contributed by atoms with Gasteiger partial charge in [-0.1, -0.05) is 44.5 Å². The Hall–Kier alpha value is -2.83. The monoisotopic (exact) mass is 471 g/mol. The summed E-state index contributed by atoms with van der Waals surface area (Å²) < 4.78 is 10.9. The number of carbonyl (C=O) groups is 2. The maximum absolute atomic E-state index is 13.1. The first-order valence-electron chi connectivity index (χ1n) is 10.9. The number of carbonyl (C=O) groups excluding carboxylic acids is 2. The van der Waals surface area contributed by atoms with Crippen molar-refractivity contribution in [3.05, 3.63) is 69.8 Å². The van der Waals surface area contributed by atoms with Crippen LogP contribution in [0.3, 0.4) is 0 Å². The van der Waals surface area contributed by atoms with Gasteiger partial charge in [0.2, 0.25) is 0 Å². The Bertz CT molecular complexity index is 1070. The fraction of sp³-hybridized carbons (Fsp3) is 0.385. The number of Topliss-reactive ketones (excluding diaryl/α,β-unsaturated/α-hetero) is 1. The molecule has 0 aromatic heterocycles. The predicted octanol–water partition coefficient (Wildman–Crippen LogP) is 5.10. The summed E-state index contributed by atoms with van der Waals surface area (Å²) in [7, 11) is 1.53. The van der Waals surface area contributed by atoms with Crippen LogP contribution in [0.5, 0.6) is 5.75 Å². The molecule has 0 bridgehead atoms. The molecule has 1 aliphatic rings. The van der Waals surface area contributed by atoms with Gasteiger partial charge in [0.05, 0.1) is 24.8 Å². The SMILES string of the molecule is CCOc1ccc(/C(O)=C2/C(=O)C(=O)N(CCOC)C2c2ccc(Cl)cc2)cc1C(C)(C)C. The maximum atomic E-state index is 13.1. The molecule has 2 aromatic rings. The van der Waals surface area contributed by atoms with E-state index in [2.05, 4.69) is 0 Å². The Balaban J connectivity index is 2.19. The van der Waals surface area contributed by atoms with Crippen LogP contribution < -0.4 is 4.74 Å². The number of amides is 1. The highest BCUT2D eigenvalue weighted by molar-refractivity contribution is 6.46. The van der Waals surface area contributed by atoms with Crippen molar-refractivity contribution >= 4 is 29.1 Å². The van der Waals surface area contributed by atoms with Crippen LogP contribution in [-0.2, 0) is 19.7 Å². The molecule has 0 saturated carbocycles. The summed E-state index contributed by atoms with van der Waals surface area (Å²) in [5, 5.41) is 11.9. The van der Waals surface area contributed by atoms with Crippen molar-refractivity contribution in [1.29, 1.82) is 0 Å². The van der Waals surface area contributed by atoms with Crippen molar-refractivity contribution in [2.24, 2.45) is 0 Å². The molecule has 2 aromatic carbocycles. The quantitative estimate of drug-likeness (QED) is 0.345. The van der Waals surface area contributed by atoms with E-state index >= 15 is 0 Å². The van der Waals surface area contributed by atoms with Crippen LogP contribution >= 0.6 is 11.6 Å². The van der Waals surface area contributed by atoms with Gasteiger partial charge in [0.15, 0.2) is 0 Å². The summed E-state index contributed by atoms with van der Waals surface area (Å²) in [6, 6.07) is 11.5. The van der Waals surface area contributed by atoms with Crippen LogP contribution in [0.4, 0.5) is 0 Å². The highest BCUT2D eigenvalue weighted by Gasteiger charge is 2.46. The van der Waals surface area contributed by atoms with E-state index in [9.17, 15) is 14.7 Å². The van der Waals surface area contributed by atoms with E-state index in [1.165, 1.54) is 12.0 Å². The number of ether oxygens (including phenoxy) is 2. The lowest BCUT2D eigenvalue weighted by atomic mass is 9.84. The van der Waals surface area contributed by atoms with E-state index in [4.69, 9.17) is 21.1 Å². The first-order valence-corrected chi connectivity index (χ1v) is 11.3. The van der Waals surface area contributed by atoms with E-state index in [1.54, 1.807) is 36.4 Å². The smallest absolute Gasteiger partial charge is 0.295 e. The van der Waals surface area contributed by atoms with Gasteiger partial charge in [-0.05, 0) is 48.2 Å². The van der Waals surface area contributed by atoms with Crippen molar-refractivity contribution in [3.8, 4) is 5.75 Å². The number of nitrogens with zero attached hydrogens (tertiary/aromatic N) is 1. The number of methoxy groups -OCH3 is 1. The largest absolute Gasteiger partial charge is 0.507 e. The van der Waals surface area contributed by atoms with Gasteiger partial charge in [-0.15, -0.1) is 0 Å². The van der Waals surface area contributed by atoms with E-state index in [0.717, 1.165) is 11.3 Å². The summed E-state index contributed by atoms with van der Waals surface area (Å²) in [5.74, 6) is -0.900. The molecule has 1 unspecified atom stereocenters. The van der Waals surface area contributed by atoms with E-state index in [0.29, 0.717) is 22.8 Å². The molecule has 1 amide bonds. The van der Waals surface area contributed by atoms with Gasteiger partial charge < -0.3 is 19.5 Å². The summed E-state index contributed by atoms with van der Waals surface area (Å²) >= 11 is 6.05. The van der Waals surface area contributed by atoms with Crippen molar-refractivity contribution in [2.45, 2.75) is 39.2 Å². The molecule has 1 aliphatic heterocycles. The molecule has 0 aliphatic carbocycles. The minimum atomic E-state index is -0.748. The molecule has 33 heavy (non-hydrogen) atoms. The Morgan fingerprint density at radius 1 is 1.12 bits per heavy atom. The second kappa shape index (κ2) is 9.98. The Morgan fingerprint density at radius 2 is 1.79 bits per heavy atom. The molecular weight excluding hydrogens is 442 g/mol. The second-order valence-electron chi connectivity index (χ2n) is 8.93. The Labute approximate surface area is 199 Å². The Kier molecular flexibility index (Phi) is 7.50. The molecule has 6 nitrogen and oxygen atoms in total. The first-order chi connectivity index (χ1) is 15.6. The zero-order valence-electron chi connectivity index (χ0n) is 19.6. The molecule has 7 heteroatoms. The number of likely N-dealkylation sites (tertiary alicyclic amines) is 1. The van der Waals surface area contributed by atoms with Crippen LogP contribution in [0.1, 0.15) is 50.4 Å². The number of hydrogen-bond acceptors (Lipinski definition) is 5. The predicted molar refractivity (Wildman–Crippen MR) is 129 cm³/mol. The van der Waals surface area contributed by atoms with Crippen LogP contribution in [0, 0.1) is 0 Å². The highest BCUT2D eigenvalue weighted by atomic mass is 35.5. The molecule has 3 rings (SSSR count). The van der Waals surface area contributed by atoms with E-state index in [-0.39, 0.29) is 29.9 Å². The van der Waals surface area contributed by atoms with Crippen LogP contribution in [0.2, 0.25) is 5.02 Å². The third-order valence-electron chi connectivity index (χ3n) is 5.62. The molecule has 176 valence electrons. The van der Waals surface area contributed by atoms with Crippen molar-refractivity contribution in [1.82, 2.24) is 4.90 Å². The van der Waals surface area contributed by atoms with Gasteiger partial charge in [-0.3, -0.25) is 9.59 Å². The van der Waals surface area contributed by atoms with Gasteiger partial charge in [0, 0.05) is 29.8 Å². The average Bonchev–Trinajstić information content (AvgIpc) is 3.02. The summed E-state index contributed by atoms with van der Waals surface area (Å²) in [6.45, 7) is 9.03. The molecule has 1 saturated heterocycles. The number of rotatable bonds is 7. The fourth-order valence-electron chi connectivity index (χ4n) is 3.99. The normalized spacial score (nSPS) is 18.1. The van der Waals surface area contributed by atoms with Gasteiger partial charge in [-0.25, -0.2) is 0 Å². The Morgan fingerprint density at radius 3 is 2.36 bits per heavy atom. The lowest BCUT2D eigenvalue weighted by molar-refractivity contribution is -0.140. The number of aliphatic hydroxyl groups excluding tert-OH is 1. The number of ketones is 1. The topological polar surface area (TPSA) is 76.1 Å². The van der Waals surface area contributed by atoms with Gasteiger partial charge in [0.1, 0.15) is 11.5 Å². The number of benzene rings is 2.